The molecule has 2 aromatic rings. The molecule has 0 atom stereocenters. The maximum atomic E-state index is 12.5. The van der Waals surface area contributed by atoms with E-state index in [0.717, 1.165) is 16.6 Å². The number of nitrogens with zero attached hydrogens (tertiary/aromatic N) is 2. The minimum Gasteiger partial charge on any atom is -0.466 e. The number of carbonyl (C=O) groups is 2. The van der Waals surface area contributed by atoms with Gasteiger partial charge in [-0.25, -0.2) is 4.79 Å². The monoisotopic (exact) mass is 329 g/mol. The first-order valence-corrected chi connectivity index (χ1v) is 8.36. The first kappa shape index (κ1) is 16.4. The highest BCUT2D eigenvalue weighted by Gasteiger charge is 2.28. The SMILES string of the molecule is CCOC(=O)C1CCN(C(=O)Nc2cn(C)c3ccccc23)CC1. The van der Waals surface area contributed by atoms with Crippen molar-refractivity contribution in [2.24, 2.45) is 13.0 Å². The van der Waals surface area contributed by atoms with Gasteiger partial charge in [0.1, 0.15) is 0 Å². The van der Waals surface area contributed by atoms with Crippen LogP contribution in [0.4, 0.5) is 10.5 Å². The second-order valence-electron chi connectivity index (χ2n) is 6.11. The highest BCUT2D eigenvalue weighted by atomic mass is 16.5. The van der Waals surface area contributed by atoms with Gasteiger partial charge >= 0.3 is 12.0 Å². The van der Waals surface area contributed by atoms with Crippen molar-refractivity contribution >= 4 is 28.6 Å². The number of aryl methyl sites for hydroxylation is 1. The van der Waals surface area contributed by atoms with Gasteiger partial charge in [-0.2, -0.15) is 0 Å². The van der Waals surface area contributed by atoms with Crippen molar-refractivity contribution in [3.05, 3.63) is 30.5 Å². The number of amides is 2. The highest BCUT2D eigenvalue weighted by Crippen LogP contribution is 2.26. The van der Waals surface area contributed by atoms with E-state index in [0.29, 0.717) is 32.5 Å². The Balaban J connectivity index is 1.63. The van der Waals surface area contributed by atoms with Gasteiger partial charge in [-0.15, -0.1) is 0 Å². The fourth-order valence-corrected chi connectivity index (χ4v) is 3.21. The van der Waals surface area contributed by atoms with E-state index in [4.69, 9.17) is 4.74 Å². The molecule has 0 aliphatic carbocycles. The maximum absolute atomic E-state index is 12.5. The number of ether oxygens (including phenoxy) is 1. The number of piperidine rings is 1. The summed E-state index contributed by atoms with van der Waals surface area (Å²) >= 11 is 0. The molecule has 1 aliphatic heterocycles. The van der Waals surface area contributed by atoms with E-state index in [1.165, 1.54) is 0 Å². The van der Waals surface area contributed by atoms with Crippen LogP contribution < -0.4 is 5.32 Å². The summed E-state index contributed by atoms with van der Waals surface area (Å²) in [5, 5.41) is 4.02. The number of urea groups is 1. The van der Waals surface area contributed by atoms with Crippen LogP contribution in [0.1, 0.15) is 19.8 Å². The van der Waals surface area contributed by atoms with Crippen molar-refractivity contribution in [1.29, 1.82) is 0 Å². The Hall–Kier alpha value is -2.50. The van der Waals surface area contributed by atoms with Crippen LogP contribution in [0.5, 0.6) is 0 Å². The number of carbonyl (C=O) groups excluding carboxylic acids is 2. The Labute approximate surface area is 141 Å². The van der Waals surface area contributed by atoms with E-state index in [1.807, 2.05) is 49.0 Å². The minimum atomic E-state index is -0.147. The van der Waals surface area contributed by atoms with Gasteiger partial charge in [0.05, 0.1) is 18.2 Å². The number of nitrogens with one attached hydrogen (secondary N) is 1. The van der Waals surface area contributed by atoms with Gasteiger partial charge in [-0.3, -0.25) is 4.79 Å². The summed E-state index contributed by atoms with van der Waals surface area (Å²) in [7, 11) is 1.96. The number of aromatic nitrogens is 1. The lowest BCUT2D eigenvalue weighted by Gasteiger charge is -2.30. The van der Waals surface area contributed by atoms with Crippen molar-refractivity contribution in [2.75, 3.05) is 25.0 Å². The Morgan fingerprint density at radius 3 is 2.67 bits per heavy atom. The van der Waals surface area contributed by atoms with E-state index >= 15 is 0 Å². The third-order valence-electron chi connectivity index (χ3n) is 4.54. The standard InChI is InChI=1S/C18H23N3O3/c1-3-24-17(22)13-8-10-21(11-9-13)18(23)19-15-12-20(2)16-7-5-4-6-14(15)16/h4-7,12-13H,3,8-11H2,1-2H3,(H,19,23). The molecule has 0 bridgehead atoms. The molecule has 6 heteroatoms. The summed E-state index contributed by atoms with van der Waals surface area (Å²) in [4.78, 5) is 26.0. The quantitative estimate of drug-likeness (QED) is 0.881. The fourth-order valence-electron chi connectivity index (χ4n) is 3.21. The Kier molecular flexibility index (Phi) is 4.74. The molecule has 2 amide bonds. The number of likely N-dealkylation sites (tertiary alicyclic amines) is 1. The topological polar surface area (TPSA) is 63.6 Å². The zero-order valence-corrected chi connectivity index (χ0v) is 14.1. The molecular formula is C18H23N3O3. The molecule has 0 unspecified atom stereocenters. The van der Waals surface area contributed by atoms with Crippen molar-refractivity contribution in [3.8, 4) is 0 Å². The molecule has 0 saturated carbocycles. The third kappa shape index (κ3) is 3.22. The number of fused-ring (bicyclic) bond motifs is 1. The lowest BCUT2D eigenvalue weighted by atomic mass is 9.97. The lowest BCUT2D eigenvalue weighted by molar-refractivity contribution is -0.149. The van der Waals surface area contributed by atoms with E-state index in [9.17, 15) is 9.59 Å². The van der Waals surface area contributed by atoms with Crippen molar-refractivity contribution in [3.63, 3.8) is 0 Å². The average Bonchev–Trinajstić information content (AvgIpc) is 2.91. The number of esters is 1. The lowest BCUT2D eigenvalue weighted by Crippen LogP contribution is -2.42. The number of benzene rings is 1. The number of hydrogen-bond acceptors (Lipinski definition) is 3. The summed E-state index contributed by atoms with van der Waals surface area (Å²) in [6, 6.07) is 7.85. The third-order valence-corrected chi connectivity index (χ3v) is 4.54. The zero-order chi connectivity index (χ0) is 17.1. The summed E-state index contributed by atoms with van der Waals surface area (Å²) in [5.41, 5.74) is 1.89. The molecule has 128 valence electrons. The summed E-state index contributed by atoms with van der Waals surface area (Å²) < 4.78 is 7.06. The van der Waals surface area contributed by atoms with E-state index in [1.54, 1.807) is 4.90 Å². The molecule has 0 radical (unpaired) electrons. The van der Waals surface area contributed by atoms with Crippen LogP contribution in [0.3, 0.4) is 0 Å². The average molecular weight is 329 g/mol. The van der Waals surface area contributed by atoms with Crippen molar-refractivity contribution in [2.45, 2.75) is 19.8 Å². The Morgan fingerprint density at radius 1 is 1.25 bits per heavy atom. The Morgan fingerprint density at radius 2 is 1.96 bits per heavy atom. The molecule has 3 rings (SSSR count). The molecule has 1 saturated heterocycles. The zero-order valence-electron chi connectivity index (χ0n) is 14.1. The van der Waals surface area contributed by atoms with Gasteiger partial charge < -0.3 is 19.5 Å². The minimum absolute atomic E-state index is 0.0912. The van der Waals surface area contributed by atoms with E-state index in [-0.39, 0.29) is 17.9 Å². The molecule has 0 spiro atoms. The second kappa shape index (κ2) is 6.95. The van der Waals surface area contributed by atoms with Crippen LogP contribution in [0, 0.1) is 5.92 Å². The van der Waals surface area contributed by atoms with Gasteiger partial charge in [0.25, 0.3) is 0 Å². The normalized spacial score (nSPS) is 15.5. The summed E-state index contributed by atoms with van der Waals surface area (Å²) in [5.74, 6) is -0.238. The molecule has 1 fully saturated rings. The predicted octanol–water partition coefficient (Wildman–Crippen LogP) is 2.99. The van der Waals surface area contributed by atoms with Gasteiger partial charge in [0.15, 0.2) is 0 Å². The smallest absolute Gasteiger partial charge is 0.321 e. The van der Waals surface area contributed by atoms with Crippen molar-refractivity contribution < 1.29 is 14.3 Å². The van der Waals surface area contributed by atoms with E-state index < -0.39 is 0 Å². The van der Waals surface area contributed by atoms with E-state index in [2.05, 4.69) is 5.32 Å². The largest absolute Gasteiger partial charge is 0.466 e. The van der Waals surface area contributed by atoms with Crippen LogP contribution in [0.2, 0.25) is 0 Å². The second-order valence-corrected chi connectivity index (χ2v) is 6.11. The van der Waals surface area contributed by atoms with Gasteiger partial charge in [-0.05, 0) is 25.8 Å². The maximum Gasteiger partial charge on any atom is 0.321 e. The molecule has 1 aromatic heterocycles. The number of anilines is 1. The van der Waals surface area contributed by atoms with Crippen LogP contribution in [0.15, 0.2) is 30.5 Å². The molecule has 1 N–H and O–H groups in total. The van der Waals surface area contributed by atoms with Gasteiger partial charge in [0.2, 0.25) is 0 Å². The molecule has 2 heterocycles. The molecule has 6 nitrogen and oxygen atoms in total. The molecular weight excluding hydrogens is 306 g/mol. The molecule has 24 heavy (non-hydrogen) atoms. The van der Waals surface area contributed by atoms with Crippen LogP contribution in [-0.4, -0.2) is 41.2 Å². The molecule has 1 aromatic carbocycles. The summed E-state index contributed by atoms with van der Waals surface area (Å²) in [6.45, 7) is 3.35. The van der Waals surface area contributed by atoms with Gasteiger partial charge in [0, 0.05) is 37.2 Å². The number of rotatable bonds is 3. The highest BCUT2D eigenvalue weighted by molar-refractivity contribution is 6.01. The van der Waals surface area contributed by atoms with Crippen molar-refractivity contribution in [1.82, 2.24) is 9.47 Å². The fraction of sp³-hybridized carbons (Fsp3) is 0.444. The van der Waals surface area contributed by atoms with Crippen LogP contribution in [0.25, 0.3) is 10.9 Å². The summed E-state index contributed by atoms with van der Waals surface area (Å²) in [6.07, 6.45) is 3.23. The predicted molar refractivity (Wildman–Crippen MR) is 92.9 cm³/mol. The molecule has 1 aliphatic rings. The first-order chi connectivity index (χ1) is 11.6. The van der Waals surface area contributed by atoms with Gasteiger partial charge in [-0.1, -0.05) is 18.2 Å². The van der Waals surface area contributed by atoms with Crippen LogP contribution in [-0.2, 0) is 16.6 Å². The Bertz CT molecular complexity index is 745. The number of para-hydroxylation sites is 1. The first-order valence-electron chi connectivity index (χ1n) is 8.36. The number of hydrogen-bond donors (Lipinski definition) is 1. The van der Waals surface area contributed by atoms with Crippen LogP contribution >= 0.6 is 0 Å².